The molecule has 76 valence electrons. The van der Waals surface area contributed by atoms with E-state index in [4.69, 9.17) is 5.73 Å². The van der Waals surface area contributed by atoms with Crippen LogP contribution >= 0.6 is 0 Å². The summed E-state index contributed by atoms with van der Waals surface area (Å²) in [4.78, 5) is 13.2. The van der Waals surface area contributed by atoms with Gasteiger partial charge in [0.05, 0.1) is 13.2 Å². The molecule has 1 aliphatic rings. The zero-order chi connectivity index (χ0) is 10.1. The van der Waals surface area contributed by atoms with E-state index in [1.54, 1.807) is 0 Å². The van der Waals surface area contributed by atoms with Crippen LogP contribution in [-0.4, -0.2) is 54.9 Å². The topological polar surface area (TPSA) is 75.8 Å². The number of aliphatic hydroxyl groups is 1. The van der Waals surface area contributed by atoms with Crippen LogP contribution in [0.25, 0.3) is 0 Å². The van der Waals surface area contributed by atoms with Crippen LogP contribution in [0.4, 0.5) is 0 Å². The van der Waals surface area contributed by atoms with Crippen molar-refractivity contribution < 1.29 is 14.6 Å². The molecule has 13 heavy (non-hydrogen) atoms. The molecular formula is C8H16N2O3. The van der Waals surface area contributed by atoms with Crippen LogP contribution < -0.4 is 5.73 Å². The molecule has 2 unspecified atom stereocenters. The minimum absolute atomic E-state index is 0.331. The molecule has 0 aliphatic carbocycles. The summed E-state index contributed by atoms with van der Waals surface area (Å²) in [5.41, 5.74) is 4.19. The largest absolute Gasteiger partial charge is 0.467 e. The van der Waals surface area contributed by atoms with Crippen LogP contribution in [0.3, 0.4) is 0 Å². The molecule has 0 bridgehead atoms. The number of piperidine rings is 1. The van der Waals surface area contributed by atoms with Gasteiger partial charge in [0.25, 0.3) is 0 Å². The van der Waals surface area contributed by atoms with Gasteiger partial charge in [0.15, 0.2) is 5.60 Å². The first kappa shape index (κ1) is 10.4. The van der Waals surface area contributed by atoms with Crippen LogP contribution in [0, 0.1) is 0 Å². The van der Waals surface area contributed by atoms with Crippen LogP contribution in [0.5, 0.6) is 0 Å². The van der Waals surface area contributed by atoms with Crippen molar-refractivity contribution in [2.24, 2.45) is 5.73 Å². The lowest BCUT2D eigenvalue weighted by atomic mass is 9.87. The maximum atomic E-state index is 11.2. The SMILES string of the molecule is COC(=O)C1(O)CCN(C)CC1N. The molecule has 0 amide bonds. The van der Waals surface area contributed by atoms with Crippen molar-refractivity contribution in [2.75, 3.05) is 27.2 Å². The number of carbonyl (C=O) groups excluding carboxylic acids is 1. The van der Waals surface area contributed by atoms with Gasteiger partial charge in [-0.15, -0.1) is 0 Å². The second-order valence-electron chi connectivity index (χ2n) is 3.53. The third-order valence-electron chi connectivity index (χ3n) is 2.54. The lowest BCUT2D eigenvalue weighted by Crippen LogP contribution is -2.63. The number of carbonyl (C=O) groups is 1. The highest BCUT2D eigenvalue weighted by Gasteiger charge is 2.46. The third kappa shape index (κ3) is 1.82. The number of likely N-dealkylation sites (N-methyl/N-ethyl adjacent to an activating group) is 1. The van der Waals surface area contributed by atoms with Crippen molar-refractivity contribution in [2.45, 2.75) is 18.1 Å². The first-order valence-corrected chi connectivity index (χ1v) is 4.25. The zero-order valence-corrected chi connectivity index (χ0v) is 7.99. The van der Waals surface area contributed by atoms with Crippen LogP contribution in [0.2, 0.25) is 0 Å². The highest BCUT2D eigenvalue weighted by molar-refractivity contribution is 5.80. The predicted molar refractivity (Wildman–Crippen MR) is 47.1 cm³/mol. The van der Waals surface area contributed by atoms with E-state index in [-0.39, 0.29) is 0 Å². The van der Waals surface area contributed by atoms with Crippen LogP contribution in [0.15, 0.2) is 0 Å². The van der Waals surface area contributed by atoms with Gasteiger partial charge in [0.2, 0.25) is 0 Å². The number of ether oxygens (including phenoxy) is 1. The van der Waals surface area contributed by atoms with Gasteiger partial charge in [0.1, 0.15) is 0 Å². The monoisotopic (exact) mass is 188 g/mol. The number of nitrogens with zero attached hydrogens (tertiary/aromatic N) is 1. The van der Waals surface area contributed by atoms with Gasteiger partial charge in [-0.1, -0.05) is 0 Å². The molecule has 0 spiro atoms. The Balaban J connectivity index is 2.73. The Morgan fingerprint density at radius 2 is 2.38 bits per heavy atom. The molecule has 5 nitrogen and oxygen atoms in total. The highest BCUT2D eigenvalue weighted by Crippen LogP contribution is 2.21. The Morgan fingerprint density at radius 1 is 1.77 bits per heavy atom. The van der Waals surface area contributed by atoms with Gasteiger partial charge in [-0.25, -0.2) is 4.79 Å². The minimum atomic E-state index is -1.50. The van der Waals surface area contributed by atoms with E-state index in [0.717, 1.165) is 0 Å². The average molecular weight is 188 g/mol. The molecule has 2 atom stereocenters. The van der Waals surface area contributed by atoms with E-state index in [0.29, 0.717) is 19.5 Å². The summed E-state index contributed by atoms with van der Waals surface area (Å²) < 4.78 is 4.51. The van der Waals surface area contributed by atoms with Gasteiger partial charge in [0, 0.05) is 19.5 Å². The normalized spacial score (nSPS) is 35.8. The van der Waals surface area contributed by atoms with Crippen LogP contribution in [-0.2, 0) is 9.53 Å². The molecule has 1 fully saturated rings. The van der Waals surface area contributed by atoms with Crippen molar-refractivity contribution in [1.82, 2.24) is 4.90 Å². The molecule has 0 aromatic rings. The number of methoxy groups -OCH3 is 1. The second kappa shape index (κ2) is 3.61. The molecule has 1 aliphatic heterocycles. The Hall–Kier alpha value is -0.650. The molecule has 5 heteroatoms. The molecule has 1 saturated heterocycles. The zero-order valence-electron chi connectivity index (χ0n) is 7.99. The van der Waals surface area contributed by atoms with Crippen molar-refractivity contribution in [3.63, 3.8) is 0 Å². The highest BCUT2D eigenvalue weighted by atomic mass is 16.5. The maximum absolute atomic E-state index is 11.2. The van der Waals surface area contributed by atoms with E-state index in [2.05, 4.69) is 4.74 Å². The minimum Gasteiger partial charge on any atom is -0.467 e. The maximum Gasteiger partial charge on any atom is 0.339 e. The summed E-state index contributed by atoms with van der Waals surface area (Å²) in [7, 11) is 3.15. The van der Waals surface area contributed by atoms with Gasteiger partial charge in [-0.3, -0.25) is 0 Å². The summed E-state index contributed by atoms with van der Waals surface area (Å²) >= 11 is 0. The molecule has 0 saturated carbocycles. The molecule has 0 aromatic heterocycles. The van der Waals surface area contributed by atoms with Gasteiger partial charge in [-0.2, -0.15) is 0 Å². The van der Waals surface area contributed by atoms with Crippen molar-refractivity contribution in [1.29, 1.82) is 0 Å². The predicted octanol–water partition coefficient (Wildman–Crippen LogP) is -1.45. The van der Waals surface area contributed by atoms with E-state index in [1.165, 1.54) is 7.11 Å². The summed E-state index contributed by atoms with van der Waals surface area (Å²) in [6.45, 7) is 1.16. The Morgan fingerprint density at radius 3 is 2.85 bits per heavy atom. The van der Waals surface area contributed by atoms with Gasteiger partial charge >= 0.3 is 5.97 Å². The Kier molecular flexibility index (Phi) is 2.90. The number of nitrogens with two attached hydrogens (primary N) is 1. The van der Waals surface area contributed by atoms with Gasteiger partial charge < -0.3 is 20.5 Å². The van der Waals surface area contributed by atoms with E-state index in [1.807, 2.05) is 11.9 Å². The number of likely N-dealkylation sites (tertiary alicyclic amines) is 1. The summed E-state index contributed by atoms with van der Waals surface area (Å²) in [5.74, 6) is -0.631. The first-order valence-electron chi connectivity index (χ1n) is 4.25. The number of hydrogen-bond donors (Lipinski definition) is 2. The fourth-order valence-corrected chi connectivity index (χ4v) is 1.55. The molecule has 0 aromatic carbocycles. The number of rotatable bonds is 1. The lowest BCUT2D eigenvalue weighted by Gasteiger charge is -2.39. The van der Waals surface area contributed by atoms with E-state index >= 15 is 0 Å². The molecule has 0 radical (unpaired) electrons. The second-order valence-corrected chi connectivity index (χ2v) is 3.53. The Labute approximate surface area is 77.5 Å². The number of hydrogen-bond acceptors (Lipinski definition) is 5. The fraction of sp³-hybridized carbons (Fsp3) is 0.875. The number of esters is 1. The smallest absolute Gasteiger partial charge is 0.339 e. The van der Waals surface area contributed by atoms with E-state index < -0.39 is 17.6 Å². The quantitative estimate of drug-likeness (QED) is 0.492. The summed E-state index contributed by atoms with van der Waals surface area (Å²) in [5, 5.41) is 9.90. The molecule has 3 N–H and O–H groups in total. The standard InChI is InChI=1S/C8H16N2O3/c1-10-4-3-8(12,6(9)5-10)7(11)13-2/h6,12H,3-5,9H2,1-2H3. The fourth-order valence-electron chi connectivity index (χ4n) is 1.55. The Bertz CT molecular complexity index is 210. The summed E-state index contributed by atoms with van der Waals surface area (Å²) in [6.07, 6.45) is 0.331. The lowest BCUT2D eigenvalue weighted by molar-refractivity contribution is -0.169. The van der Waals surface area contributed by atoms with Crippen molar-refractivity contribution >= 4 is 5.97 Å². The average Bonchev–Trinajstić information content (AvgIpc) is 2.11. The van der Waals surface area contributed by atoms with Crippen molar-refractivity contribution in [3.8, 4) is 0 Å². The van der Waals surface area contributed by atoms with E-state index in [9.17, 15) is 9.90 Å². The third-order valence-corrected chi connectivity index (χ3v) is 2.54. The summed E-state index contributed by atoms with van der Waals surface area (Å²) in [6, 6.07) is -0.571. The molecule has 1 heterocycles. The first-order chi connectivity index (χ1) is 6.00. The molecule has 1 rings (SSSR count). The van der Waals surface area contributed by atoms with Crippen LogP contribution in [0.1, 0.15) is 6.42 Å². The van der Waals surface area contributed by atoms with Crippen molar-refractivity contribution in [3.05, 3.63) is 0 Å². The van der Waals surface area contributed by atoms with Gasteiger partial charge in [-0.05, 0) is 7.05 Å². The molecular weight excluding hydrogens is 172 g/mol.